The Hall–Kier alpha value is -5.04. The fourth-order valence-corrected chi connectivity index (χ4v) is 3.62. The number of nitrogens with one attached hydrogen (secondary N) is 2. The van der Waals surface area contributed by atoms with Gasteiger partial charge in [0.1, 0.15) is 0 Å². The first kappa shape index (κ1) is 21.8. The number of amides is 2. The molecule has 2 N–H and O–H groups in total. The van der Waals surface area contributed by atoms with Crippen LogP contribution in [0.2, 0.25) is 0 Å². The molecule has 0 saturated carbocycles. The van der Waals surface area contributed by atoms with Gasteiger partial charge in [-0.25, -0.2) is 9.78 Å². The van der Waals surface area contributed by atoms with Crippen molar-refractivity contribution in [2.45, 2.75) is 0 Å². The van der Waals surface area contributed by atoms with Crippen molar-refractivity contribution in [1.29, 1.82) is 0 Å². The summed E-state index contributed by atoms with van der Waals surface area (Å²) in [4.78, 5) is 42.5. The van der Waals surface area contributed by atoms with E-state index in [0.717, 1.165) is 0 Å². The molecule has 0 bridgehead atoms. The van der Waals surface area contributed by atoms with Crippen LogP contribution in [0.4, 0.5) is 11.4 Å². The van der Waals surface area contributed by atoms with E-state index in [-0.39, 0.29) is 17.7 Å². The molecule has 7 heteroatoms. The van der Waals surface area contributed by atoms with E-state index >= 15 is 0 Å². The minimum atomic E-state index is -0.529. The van der Waals surface area contributed by atoms with Gasteiger partial charge in [0.05, 0.1) is 10.9 Å². The van der Waals surface area contributed by atoms with Crippen LogP contribution in [0.25, 0.3) is 22.4 Å². The summed E-state index contributed by atoms with van der Waals surface area (Å²) in [5.41, 5.74) is 2.12. The molecule has 170 valence electrons. The van der Waals surface area contributed by atoms with Crippen molar-refractivity contribution >= 4 is 34.1 Å². The first-order valence-corrected chi connectivity index (χ1v) is 10.8. The zero-order valence-electron chi connectivity index (χ0n) is 18.4. The molecule has 0 saturated heterocycles. The Morgan fingerprint density at radius 2 is 1.17 bits per heavy atom. The molecular formula is C28H19N3O4. The number of carbonyl (C=O) groups excluding carboxylic acids is 2. The van der Waals surface area contributed by atoms with Gasteiger partial charge < -0.3 is 15.1 Å². The molecule has 4 aromatic carbocycles. The predicted molar refractivity (Wildman–Crippen MR) is 135 cm³/mol. The fourth-order valence-electron chi connectivity index (χ4n) is 3.62. The monoisotopic (exact) mass is 461 g/mol. The van der Waals surface area contributed by atoms with Gasteiger partial charge in [-0.3, -0.25) is 9.59 Å². The molecule has 7 nitrogen and oxygen atoms in total. The highest BCUT2D eigenvalue weighted by Gasteiger charge is 2.14. The number of hydrogen-bond acceptors (Lipinski definition) is 5. The average Bonchev–Trinajstić information content (AvgIpc) is 2.89. The normalized spacial score (nSPS) is 10.6. The summed E-state index contributed by atoms with van der Waals surface area (Å²) in [5.74, 6) is -0.577. The first-order chi connectivity index (χ1) is 17.1. The van der Waals surface area contributed by atoms with E-state index in [0.29, 0.717) is 39.0 Å². The third-order valence-electron chi connectivity index (χ3n) is 5.30. The summed E-state index contributed by atoms with van der Waals surface area (Å²) < 4.78 is 5.47. The third kappa shape index (κ3) is 4.84. The molecule has 0 aliphatic heterocycles. The van der Waals surface area contributed by atoms with E-state index in [9.17, 15) is 14.4 Å². The Morgan fingerprint density at radius 1 is 0.657 bits per heavy atom. The highest BCUT2D eigenvalue weighted by Crippen LogP contribution is 2.27. The number of fused-ring (bicyclic) bond motifs is 1. The van der Waals surface area contributed by atoms with Gasteiger partial charge in [-0.2, -0.15) is 0 Å². The molecule has 0 aliphatic rings. The largest absolute Gasteiger partial charge is 0.403 e. The number of nitrogens with zero attached hydrogens (tertiary/aromatic N) is 1. The molecule has 0 spiro atoms. The lowest BCUT2D eigenvalue weighted by molar-refractivity contribution is 0.101. The number of hydrogen-bond donors (Lipinski definition) is 2. The van der Waals surface area contributed by atoms with Crippen LogP contribution in [-0.4, -0.2) is 16.8 Å². The predicted octanol–water partition coefficient (Wildman–Crippen LogP) is 5.36. The second-order valence-corrected chi connectivity index (χ2v) is 7.76. The molecule has 2 amide bonds. The number of aromatic nitrogens is 1. The van der Waals surface area contributed by atoms with Crippen LogP contribution >= 0.6 is 0 Å². The smallest absolute Gasteiger partial charge is 0.347 e. The minimum Gasteiger partial charge on any atom is -0.403 e. The van der Waals surface area contributed by atoms with Gasteiger partial charge in [0.25, 0.3) is 11.8 Å². The summed E-state index contributed by atoms with van der Waals surface area (Å²) >= 11 is 0. The van der Waals surface area contributed by atoms with Gasteiger partial charge in [0.15, 0.2) is 0 Å². The first-order valence-electron chi connectivity index (χ1n) is 10.8. The highest BCUT2D eigenvalue weighted by atomic mass is 16.4. The molecule has 0 aliphatic carbocycles. The molecule has 0 unspecified atom stereocenters. The van der Waals surface area contributed by atoms with E-state index < -0.39 is 5.63 Å². The van der Waals surface area contributed by atoms with Gasteiger partial charge in [0.2, 0.25) is 5.89 Å². The summed E-state index contributed by atoms with van der Waals surface area (Å²) in [5, 5.41) is 6.03. The minimum absolute atomic E-state index is 0.0692. The number of para-hydroxylation sites is 1. The van der Waals surface area contributed by atoms with Crippen molar-refractivity contribution in [3.63, 3.8) is 0 Å². The Morgan fingerprint density at radius 3 is 1.74 bits per heavy atom. The maximum atomic E-state index is 12.8. The number of benzene rings is 4. The lowest BCUT2D eigenvalue weighted by atomic mass is 10.1. The van der Waals surface area contributed by atoms with Crippen LogP contribution in [-0.2, 0) is 0 Å². The average molecular weight is 461 g/mol. The van der Waals surface area contributed by atoms with Gasteiger partial charge >= 0.3 is 5.63 Å². The molecule has 0 atom stereocenters. The molecule has 1 heterocycles. The molecule has 0 radical (unpaired) electrons. The van der Waals surface area contributed by atoms with Crippen molar-refractivity contribution in [3.05, 3.63) is 125 Å². The van der Waals surface area contributed by atoms with Crippen LogP contribution in [0.15, 0.2) is 112 Å². The summed E-state index contributed by atoms with van der Waals surface area (Å²) in [6.07, 6.45) is 0. The lowest BCUT2D eigenvalue weighted by Gasteiger charge is -2.12. The van der Waals surface area contributed by atoms with E-state index in [2.05, 4.69) is 15.6 Å². The fraction of sp³-hybridized carbons (Fsp3) is 0. The SMILES string of the molecule is O=C(Nc1cc(NC(=O)c2ccccc2)cc(-c2nc3ccccc3c(=O)o2)c1)c1ccccc1. The number of carbonyl (C=O) groups is 2. The maximum absolute atomic E-state index is 12.8. The quantitative estimate of drug-likeness (QED) is 0.367. The highest BCUT2D eigenvalue weighted by molar-refractivity contribution is 6.07. The van der Waals surface area contributed by atoms with Crippen molar-refractivity contribution in [2.75, 3.05) is 10.6 Å². The van der Waals surface area contributed by atoms with E-state index in [4.69, 9.17) is 4.42 Å². The second kappa shape index (κ2) is 9.44. The van der Waals surface area contributed by atoms with Crippen molar-refractivity contribution < 1.29 is 14.0 Å². The van der Waals surface area contributed by atoms with Crippen LogP contribution in [0.1, 0.15) is 20.7 Å². The summed E-state index contributed by atoms with van der Waals surface area (Å²) in [6, 6.07) is 29.3. The van der Waals surface area contributed by atoms with Gasteiger partial charge in [0, 0.05) is 28.1 Å². The third-order valence-corrected chi connectivity index (χ3v) is 5.30. The Balaban J connectivity index is 1.56. The number of rotatable bonds is 5. The zero-order valence-corrected chi connectivity index (χ0v) is 18.4. The van der Waals surface area contributed by atoms with Crippen LogP contribution < -0.4 is 16.3 Å². The van der Waals surface area contributed by atoms with Crippen molar-refractivity contribution in [3.8, 4) is 11.5 Å². The molecule has 5 aromatic rings. The van der Waals surface area contributed by atoms with E-state index in [1.54, 1.807) is 91.0 Å². The van der Waals surface area contributed by atoms with E-state index in [1.807, 2.05) is 12.1 Å². The van der Waals surface area contributed by atoms with Gasteiger partial charge in [-0.15, -0.1) is 0 Å². The zero-order chi connectivity index (χ0) is 24.2. The van der Waals surface area contributed by atoms with Gasteiger partial charge in [-0.05, 0) is 54.6 Å². The Labute approximate surface area is 200 Å². The number of anilines is 2. The standard InChI is InChI=1S/C28H19N3O4/c32-25(18-9-3-1-4-10-18)29-21-15-20(27-31-24-14-8-7-13-23(24)28(34)35-27)16-22(17-21)30-26(33)19-11-5-2-6-12-19/h1-17H,(H,29,32)(H,30,33). The van der Waals surface area contributed by atoms with Crippen molar-refractivity contribution in [2.24, 2.45) is 0 Å². The van der Waals surface area contributed by atoms with E-state index in [1.165, 1.54) is 0 Å². The van der Waals surface area contributed by atoms with Gasteiger partial charge in [-0.1, -0.05) is 48.5 Å². The molecule has 1 aromatic heterocycles. The summed E-state index contributed by atoms with van der Waals surface area (Å²) in [6.45, 7) is 0. The van der Waals surface area contributed by atoms with Crippen LogP contribution in [0.5, 0.6) is 0 Å². The molecule has 35 heavy (non-hydrogen) atoms. The molecule has 5 rings (SSSR count). The van der Waals surface area contributed by atoms with Crippen LogP contribution in [0.3, 0.4) is 0 Å². The molecular weight excluding hydrogens is 442 g/mol. The Bertz CT molecular complexity index is 1520. The summed E-state index contributed by atoms with van der Waals surface area (Å²) in [7, 11) is 0. The lowest BCUT2D eigenvalue weighted by Crippen LogP contribution is -2.14. The maximum Gasteiger partial charge on any atom is 0.347 e. The topological polar surface area (TPSA) is 101 Å². The Kier molecular flexibility index (Phi) is 5.88. The molecule has 0 fully saturated rings. The van der Waals surface area contributed by atoms with Crippen molar-refractivity contribution in [1.82, 2.24) is 4.98 Å². The second-order valence-electron chi connectivity index (χ2n) is 7.76. The van der Waals surface area contributed by atoms with Crippen LogP contribution in [0, 0.1) is 0 Å².